The molecule has 110 valence electrons. The molecule has 2 N–H and O–H groups in total. The van der Waals surface area contributed by atoms with Crippen LogP contribution >= 0.6 is 0 Å². The molecule has 22 heavy (non-hydrogen) atoms. The van der Waals surface area contributed by atoms with Crippen molar-refractivity contribution in [2.45, 2.75) is 6.42 Å². The molecule has 3 rings (SSSR count). The fraction of sp³-hybridized carbons (Fsp3) is 0.0588. The third kappa shape index (κ3) is 2.44. The Morgan fingerprint density at radius 2 is 1.86 bits per heavy atom. The van der Waals surface area contributed by atoms with Crippen LogP contribution < -0.4 is 5.43 Å². The number of carbonyl (C=O) groups is 1. The average molecular weight is 296 g/mol. The number of phenolic OH excluding ortho intramolecular Hbond substituents is 1. The summed E-state index contributed by atoms with van der Waals surface area (Å²) in [5.41, 5.74) is 0.744. The Morgan fingerprint density at radius 3 is 2.59 bits per heavy atom. The van der Waals surface area contributed by atoms with Crippen molar-refractivity contribution in [2.24, 2.45) is 0 Å². The Balaban J connectivity index is 2.29. The van der Waals surface area contributed by atoms with E-state index in [-0.39, 0.29) is 28.9 Å². The Morgan fingerprint density at radius 1 is 1.09 bits per heavy atom. The van der Waals surface area contributed by atoms with E-state index in [1.54, 1.807) is 36.4 Å². The maximum atomic E-state index is 12.2. The fourth-order valence-electron chi connectivity index (χ4n) is 2.35. The van der Waals surface area contributed by atoms with E-state index in [0.29, 0.717) is 16.5 Å². The van der Waals surface area contributed by atoms with Crippen molar-refractivity contribution in [3.63, 3.8) is 0 Å². The molecule has 0 bridgehead atoms. The van der Waals surface area contributed by atoms with Crippen LogP contribution in [-0.2, 0) is 11.2 Å². The van der Waals surface area contributed by atoms with Crippen molar-refractivity contribution < 1.29 is 19.4 Å². The summed E-state index contributed by atoms with van der Waals surface area (Å²) in [6.45, 7) is 0. The number of carboxylic acid groups (broad SMARTS) is 1. The Hall–Kier alpha value is -3.08. The minimum absolute atomic E-state index is 0.0132. The second-order valence-corrected chi connectivity index (χ2v) is 4.86. The van der Waals surface area contributed by atoms with Crippen LogP contribution in [-0.4, -0.2) is 16.2 Å². The van der Waals surface area contributed by atoms with E-state index in [1.165, 1.54) is 12.1 Å². The molecule has 0 saturated heterocycles. The van der Waals surface area contributed by atoms with Gasteiger partial charge in [0, 0.05) is 11.6 Å². The first kappa shape index (κ1) is 13.9. The first-order chi connectivity index (χ1) is 10.6. The number of para-hydroxylation sites is 2. The predicted octanol–water partition coefficient (Wildman–Crippen LogP) is 2.79. The smallest absolute Gasteiger partial charge is 0.307 e. The molecule has 1 heterocycles. The highest BCUT2D eigenvalue weighted by atomic mass is 16.4. The van der Waals surface area contributed by atoms with Crippen molar-refractivity contribution in [1.29, 1.82) is 0 Å². The third-order valence-electron chi connectivity index (χ3n) is 3.35. The lowest BCUT2D eigenvalue weighted by Crippen LogP contribution is -2.05. The zero-order chi connectivity index (χ0) is 15.7. The zero-order valence-electron chi connectivity index (χ0n) is 11.4. The number of hydrogen-bond acceptors (Lipinski definition) is 4. The molecule has 3 aromatic rings. The predicted molar refractivity (Wildman–Crippen MR) is 80.9 cm³/mol. The van der Waals surface area contributed by atoms with E-state index in [9.17, 15) is 14.7 Å². The lowest BCUT2D eigenvalue weighted by Gasteiger charge is -2.07. The van der Waals surface area contributed by atoms with Gasteiger partial charge in [-0.1, -0.05) is 24.3 Å². The van der Waals surface area contributed by atoms with E-state index in [0.717, 1.165) is 0 Å². The average Bonchev–Trinajstić information content (AvgIpc) is 2.48. The van der Waals surface area contributed by atoms with E-state index in [2.05, 4.69) is 0 Å². The van der Waals surface area contributed by atoms with Gasteiger partial charge in [-0.2, -0.15) is 0 Å². The van der Waals surface area contributed by atoms with Crippen LogP contribution in [0.5, 0.6) is 5.75 Å². The molecule has 0 aliphatic carbocycles. The normalized spacial score (nSPS) is 10.7. The van der Waals surface area contributed by atoms with Crippen molar-refractivity contribution in [3.05, 3.63) is 64.3 Å². The van der Waals surface area contributed by atoms with Crippen LogP contribution in [0.15, 0.2) is 57.7 Å². The lowest BCUT2D eigenvalue weighted by molar-refractivity contribution is -0.136. The summed E-state index contributed by atoms with van der Waals surface area (Å²) in [6.07, 6.45) is -0.246. The molecule has 0 spiro atoms. The number of carboxylic acids is 1. The lowest BCUT2D eigenvalue weighted by atomic mass is 10.1. The van der Waals surface area contributed by atoms with Crippen molar-refractivity contribution in [2.75, 3.05) is 0 Å². The number of fused-ring (bicyclic) bond motifs is 1. The largest absolute Gasteiger partial charge is 0.507 e. The molecule has 0 atom stereocenters. The van der Waals surface area contributed by atoms with Crippen LogP contribution in [0.4, 0.5) is 0 Å². The van der Waals surface area contributed by atoms with Gasteiger partial charge in [0.15, 0.2) is 5.43 Å². The maximum Gasteiger partial charge on any atom is 0.307 e. The van der Waals surface area contributed by atoms with Gasteiger partial charge >= 0.3 is 5.97 Å². The molecule has 0 saturated carbocycles. The number of hydrogen-bond donors (Lipinski definition) is 2. The molecule has 0 amide bonds. The monoisotopic (exact) mass is 296 g/mol. The highest BCUT2D eigenvalue weighted by molar-refractivity contribution is 5.85. The minimum atomic E-state index is -1.01. The number of phenols is 1. The van der Waals surface area contributed by atoms with E-state index in [4.69, 9.17) is 9.52 Å². The topological polar surface area (TPSA) is 87.7 Å². The van der Waals surface area contributed by atoms with Crippen molar-refractivity contribution >= 4 is 16.9 Å². The summed E-state index contributed by atoms with van der Waals surface area (Å²) < 4.78 is 5.72. The third-order valence-corrected chi connectivity index (χ3v) is 3.35. The van der Waals surface area contributed by atoms with E-state index >= 15 is 0 Å². The standard InChI is InChI=1S/C17H12O5/c18-13-7-2-1-5-11(13)15-9-14(19)12-6-3-4-10(8-16(20)21)17(12)22-15/h1-7,9,18H,8H2,(H,20,21). The fourth-order valence-corrected chi connectivity index (χ4v) is 2.35. The van der Waals surface area contributed by atoms with Crippen molar-refractivity contribution in [1.82, 2.24) is 0 Å². The van der Waals surface area contributed by atoms with Gasteiger partial charge in [-0.05, 0) is 18.2 Å². The second-order valence-electron chi connectivity index (χ2n) is 4.86. The molecule has 2 aromatic carbocycles. The summed E-state index contributed by atoms with van der Waals surface area (Å²) in [6, 6.07) is 12.6. The number of aliphatic carboxylic acids is 1. The van der Waals surface area contributed by atoms with E-state index < -0.39 is 5.97 Å². The molecule has 5 heteroatoms. The Kier molecular flexibility index (Phi) is 3.39. The number of rotatable bonds is 3. The van der Waals surface area contributed by atoms with Gasteiger partial charge in [0.2, 0.25) is 0 Å². The van der Waals surface area contributed by atoms with Gasteiger partial charge in [0.25, 0.3) is 0 Å². The van der Waals surface area contributed by atoms with Gasteiger partial charge < -0.3 is 14.6 Å². The molecule has 0 aliphatic rings. The van der Waals surface area contributed by atoms with Crippen LogP contribution in [0.3, 0.4) is 0 Å². The SMILES string of the molecule is O=C(O)Cc1cccc2c(=O)cc(-c3ccccc3O)oc12. The van der Waals surface area contributed by atoms with Gasteiger partial charge in [-0.25, -0.2) is 0 Å². The molecule has 0 unspecified atom stereocenters. The summed E-state index contributed by atoms with van der Waals surface area (Å²) in [5.74, 6) is -0.822. The van der Waals surface area contributed by atoms with Crippen LogP contribution in [0, 0.1) is 0 Å². The van der Waals surface area contributed by atoms with Crippen LogP contribution in [0.25, 0.3) is 22.3 Å². The first-order valence-electron chi connectivity index (χ1n) is 6.62. The first-order valence-corrected chi connectivity index (χ1v) is 6.62. The highest BCUT2D eigenvalue weighted by Gasteiger charge is 2.14. The summed E-state index contributed by atoms with van der Waals surface area (Å²) >= 11 is 0. The molecular weight excluding hydrogens is 284 g/mol. The van der Waals surface area contributed by atoms with Gasteiger partial charge in [0.1, 0.15) is 17.1 Å². The molecule has 0 radical (unpaired) electrons. The van der Waals surface area contributed by atoms with Crippen LogP contribution in [0.2, 0.25) is 0 Å². The maximum absolute atomic E-state index is 12.2. The molecule has 5 nitrogen and oxygen atoms in total. The number of benzene rings is 2. The second kappa shape index (κ2) is 5.37. The van der Waals surface area contributed by atoms with E-state index in [1.807, 2.05) is 0 Å². The van der Waals surface area contributed by atoms with Crippen LogP contribution in [0.1, 0.15) is 5.56 Å². The van der Waals surface area contributed by atoms with Gasteiger partial charge in [0.05, 0.1) is 17.4 Å². The molecule has 0 fully saturated rings. The van der Waals surface area contributed by atoms with Gasteiger partial charge in [-0.15, -0.1) is 0 Å². The summed E-state index contributed by atoms with van der Waals surface area (Å²) in [4.78, 5) is 23.2. The molecule has 0 aliphatic heterocycles. The Labute approximate surface area is 125 Å². The molecule has 1 aromatic heterocycles. The van der Waals surface area contributed by atoms with Crippen molar-refractivity contribution in [3.8, 4) is 17.1 Å². The molecular formula is C17H12O5. The minimum Gasteiger partial charge on any atom is -0.507 e. The summed E-state index contributed by atoms with van der Waals surface area (Å²) in [7, 11) is 0. The van der Waals surface area contributed by atoms with Gasteiger partial charge in [-0.3, -0.25) is 9.59 Å². The summed E-state index contributed by atoms with van der Waals surface area (Å²) in [5, 5.41) is 19.2. The highest BCUT2D eigenvalue weighted by Crippen LogP contribution is 2.30. The zero-order valence-corrected chi connectivity index (χ0v) is 11.4. The number of aromatic hydroxyl groups is 1. The quantitative estimate of drug-likeness (QED) is 0.776. The Bertz CT molecular complexity index is 924.